The summed E-state index contributed by atoms with van der Waals surface area (Å²) >= 11 is 0. The highest BCUT2D eigenvalue weighted by molar-refractivity contribution is 6.03. The van der Waals surface area contributed by atoms with Crippen molar-refractivity contribution in [2.75, 3.05) is 14.2 Å². The van der Waals surface area contributed by atoms with E-state index >= 15 is 0 Å². The normalized spacial score (nSPS) is 13.4. The van der Waals surface area contributed by atoms with Crippen molar-refractivity contribution in [3.8, 4) is 0 Å². The Bertz CT molecular complexity index is 427. The lowest BCUT2D eigenvalue weighted by Crippen LogP contribution is -2.22. The zero-order valence-corrected chi connectivity index (χ0v) is 11.9. The Morgan fingerprint density at radius 1 is 0.850 bits per heavy atom. The number of methoxy groups -OCH3 is 2. The first-order chi connectivity index (χ1) is 9.49. The average Bonchev–Trinajstić information content (AvgIpc) is 2.46. The number of hydrogen-bond acceptors (Lipinski definition) is 6. The van der Waals surface area contributed by atoms with E-state index in [9.17, 15) is 9.59 Å². The van der Waals surface area contributed by atoms with Crippen LogP contribution >= 0.6 is 0 Å². The van der Waals surface area contributed by atoms with Crippen LogP contribution in [0.4, 0.5) is 0 Å². The second-order valence-corrected chi connectivity index (χ2v) is 3.96. The topological polar surface area (TPSA) is 71.1 Å². The fourth-order valence-corrected chi connectivity index (χ4v) is 1.36. The predicted molar refractivity (Wildman–Crippen MR) is 70.2 cm³/mol. The molecule has 6 nitrogen and oxygen atoms in total. The minimum Gasteiger partial charge on any atom is -0.432 e. The molecule has 110 valence electrons. The van der Waals surface area contributed by atoms with Gasteiger partial charge < -0.3 is 18.9 Å². The molecule has 0 aromatic heterocycles. The maximum atomic E-state index is 12.0. The van der Waals surface area contributed by atoms with Crippen LogP contribution in [0.1, 0.15) is 34.6 Å². The van der Waals surface area contributed by atoms with Crippen LogP contribution in [-0.2, 0) is 18.9 Å². The van der Waals surface area contributed by atoms with Crippen LogP contribution in [0.2, 0.25) is 0 Å². The lowest BCUT2D eigenvalue weighted by Gasteiger charge is -2.14. The van der Waals surface area contributed by atoms with E-state index < -0.39 is 24.5 Å². The van der Waals surface area contributed by atoms with Crippen molar-refractivity contribution >= 4 is 11.9 Å². The van der Waals surface area contributed by atoms with Crippen molar-refractivity contribution in [2.24, 2.45) is 0 Å². The van der Waals surface area contributed by atoms with Gasteiger partial charge in [-0.1, -0.05) is 12.1 Å². The van der Waals surface area contributed by atoms with Crippen LogP contribution < -0.4 is 0 Å². The molecular weight excluding hydrogens is 264 g/mol. The molecular formula is C14H18O6. The van der Waals surface area contributed by atoms with Gasteiger partial charge in [-0.05, 0) is 26.0 Å². The van der Waals surface area contributed by atoms with Gasteiger partial charge in [0.15, 0.2) is 12.6 Å². The Kier molecular flexibility index (Phi) is 6.14. The van der Waals surface area contributed by atoms with Gasteiger partial charge in [-0.15, -0.1) is 0 Å². The Hall–Kier alpha value is -1.92. The molecule has 6 heteroatoms. The first-order valence-electron chi connectivity index (χ1n) is 6.06. The van der Waals surface area contributed by atoms with Gasteiger partial charge in [-0.2, -0.15) is 0 Å². The zero-order chi connectivity index (χ0) is 15.1. The number of rotatable bonds is 6. The summed E-state index contributed by atoms with van der Waals surface area (Å²) in [5.74, 6) is -1.31. The molecule has 20 heavy (non-hydrogen) atoms. The minimum atomic E-state index is -0.704. The molecule has 0 N–H and O–H groups in total. The molecule has 0 saturated carbocycles. The lowest BCUT2D eigenvalue weighted by molar-refractivity contribution is -0.0801. The molecule has 0 aliphatic heterocycles. The molecule has 0 bridgehead atoms. The van der Waals surface area contributed by atoms with Crippen LogP contribution in [0.25, 0.3) is 0 Å². The van der Waals surface area contributed by atoms with Gasteiger partial charge in [-0.25, -0.2) is 9.59 Å². The van der Waals surface area contributed by atoms with E-state index in [4.69, 9.17) is 18.9 Å². The smallest absolute Gasteiger partial charge is 0.341 e. The van der Waals surface area contributed by atoms with E-state index in [2.05, 4.69) is 0 Å². The van der Waals surface area contributed by atoms with Crippen LogP contribution in [-0.4, -0.2) is 38.7 Å². The number of ether oxygens (including phenoxy) is 4. The Morgan fingerprint density at radius 2 is 1.20 bits per heavy atom. The van der Waals surface area contributed by atoms with Crippen molar-refractivity contribution in [1.29, 1.82) is 0 Å². The highest BCUT2D eigenvalue weighted by atomic mass is 16.7. The maximum absolute atomic E-state index is 12.0. The zero-order valence-electron chi connectivity index (χ0n) is 11.9. The third-order valence-corrected chi connectivity index (χ3v) is 2.58. The number of esters is 2. The lowest BCUT2D eigenvalue weighted by atomic mass is 10.1. The van der Waals surface area contributed by atoms with E-state index in [0.717, 1.165) is 0 Å². The fraction of sp³-hybridized carbons (Fsp3) is 0.429. The van der Waals surface area contributed by atoms with Crippen molar-refractivity contribution in [2.45, 2.75) is 26.4 Å². The first-order valence-corrected chi connectivity index (χ1v) is 6.06. The highest BCUT2D eigenvalue weighted by Gasteiger charge is 2.21. The largest absolute Gasteiger partial charge is 0.432 e. The summed E-state index contributed by atoms with van der Waals surface area (Å²) < 4.78 is 19.7. The third-order valence-electron chi connectivity index (χ3n) is 2.58. The Labute approximate surface area is 117 Å². The Balaban J connectivity index is 2.93. The molecule has 0 aliphatic rings. The molecule has 1 aromatic carbocycles. The van der Waals surface area contributed by atoms with Crippen LogP contribution in [0, 0.1) is 0 Å². The van der Waals surface area contributed by atoms with Crippen molar-refractivity contribution in [3.63, 3.8) is 0 Å². The second-order valence-electron chi connectivity index (χ2n) is 3.96. The Morgan fingerprint density at radius 3 is 1.50 bits per heavy atom. The van der Waals surface area contributed by atoms with Gasteiger partial charge in [0.2, 0.25) is 0 Å². The maximum Gasteiger partial charge on any atom is 0.341 e. The van der Waals surface area contributed by atoms with Crippen molar-refractivity contribution in [1.82, 2.24) is 0 Å². The minimum absolute atomic E-state index is 0.115. The van der Waals surface area contributed by atoms with E-state index in [1.807, 2.05) is 0 Å². The SMILES string of the molecule is COC(C)OC(=O)c1ccccc1C(=O)OC(C)OC. The van der Waals surface area contributed by atoms with E-state index in [-0.39, 0.29) is 11.1 Å². The second kappa shape index (κ2) is 7.62. The number of carbonyl (C=O) groups is 2. The van der Waals surface area contributed by atoms with Gasteiger partial charge in [0.05, 0.1) is 11.1 Å². The van der Waals surface area contributed by atoms with Crippen LogP contribution in [0.15, 0.2) is 24.3 Å². The summed E-state index contributed by atoms with van der Waals surface area (Å²) in [4.78, 5) is 23.9. The average molecular weight is 282 g/mol. The molecule has 2 unspecified atom stereocenters. The molecule has 1 aromatic rings. The van der Waals surface area contributed by atoms with Gasteiger partial charge in [0.25, 0.3) is 0 Å². The van der Waals surface area contributed by atoms with Crippen LogP contribution in [0.3, 0.4) is 0 Å². The highest BCUT2D eigenvalue weighted by Crippen LogP contribution is 2.14. The van der Waals surface area contributed by atoms with E-state index in [0.29, 0.717) is 0 Å². The molecule has 0 aliphatic carbocycles. The molecule has 0 heterocycles. The molecule has 0 spiro atoms. The monoisotopic (exact) mass is 282 g/mol. The molecule has 0 amide bonds. The quantitative estimate of drug-likeness (QED) is 0.587. The molecule has 1 rings (SSSR count). The standard InChI is InChI=1S/C14H18O6/c1-9(17-3)19-13(15)11-7-5-6-8-12(11)14(16)20-10(2)18-4/h5-10H,1-4H3. The summed E-state index contributed by atoms with van der Waals surface area (Å²) in [6.45, 7) is 3.15. The summed E-state index contributed by atoms with van der Waals surface area (Å²) in [6, 6.07) is 6.23. The predicted octanol–water partition coefficient (Wildman–Crippen LogP) is 1.98. The van der Waals surface area contributed by atoms with E-state index in [1.54, 1.807) is 26.0 Å². The van der Waals surface area contributed by atoms with Gasteiger partial charge in [0.1, 0.15) is 0 Å². The van der Waals surface area contributed by atoms with E-state index in [1.165, 1.54) is 26.4 Å². The third kappa shape index (κ3) is 4.32. The molecule has 0 saturated heterocycles. The van der Waals surface area contributed by atoms with Crippen molar-refractivity contribution in [3.05, 3.63) is 35.4 Å². The van der Waals surface area contributed by atoms with Crippen LogP contribution in [0.5, 0.6) is 0 Å². The summed E-state index contributed by atoms with van der Waals surface area (Å²) in [7, 11) is 2.83. The number of carbonyl (C=O) groups excluding carboxylic acids is 2. The number of benzene rings is 1. The fourth-order valence-electron chi connectivity index (χ4n) is 1.36. The molecule has 0 fully saturated rings. The van der Waals surface area contributed by atoms with Gasteiger partial charge in [0, 0.05) is 14.2 Å². The van der Waals surface area contributed by atoms with Gasteiger partial charge in [-0.3, -0.25) is 0 Å². The summed E-state index contributed by atoms with van der Waals surface area (Å²) in [6.07, 6.45) is -1.41. The summed E-state index contributed by atoms with van der Waals surface area (Å²) in [5.41, 5.74) is 0.231. The molecule has 2 atom stereocenters. The van der Waals surface area contributed by atoms with Crippen molar-refractivity contribution < 1.29 is 28.5 Å². The van der Waals surface area contributed by atoms with Gasteiger partial charge >= 0.3 is 11.9 Å². The summed E-state index contributed by atoms with van der Waals surface area (Å²) in [5, 5.41) is 0. The molecule has 0 radical (unpaired) electrons. The number of hydrogen-bond donors (Lipinski definition) is 0. The first kappa shape index (κ1) is 16.1.